The summed E-state index contributed by atoms with van der Waals surface area (Å²) in [4.78, 5) is 0. The molecule has 0 aliphatic heterocycles. The lowest BCUT2D eigenvalue weighted by Gasteiger charge is -2.27. The van der Waals surface area contributed by atoms with Crippen LogP contribution < -0.4 is 0 Å². The minimum Gasteiger partial charge on any atom is -0.0683 e. The van der Waals surface area contributed by atoms with Gasteiger partial charge in [-0.15, -0.1) is 0 Å². The van der Waals surface area contributed by atoms with E-state index in [1.54, 1.807) is 0 Å². The minimum atomic E-state index is 0.833. The fourth-order valence-electron chi connectivity index (χ4n) is 2.00. The fraction of sp³-hybridized carbons (Fsp3) is 1.00. The molecule has 0 heterocycles. The molecule has 1 rings (SSSR count). The largest absolute Gasteiger partial charge is 0.0683 e. The molecule has 0 N–H and O–H groups in total. The maximum Gasteiger partial charge on any atom is -0.0391 e. The second-order valence-electron chi connectivity index (χ2n) is 5.16. The average molecular weight is 214 g/mol. The first-order valence-electron chi connectivity index (χ1n) is 7.07. The molecule has 1 saturated carbocycles. The summed E-state index contributed by atoms with van der Waals surface area (Å²) in [6, 6.07) is 0. The van der Waals surface area contributed by atoms with Crippen LogP contribution in [-0.4, -0.2) is 0 Å². The molecule has 1 aliphatic carbocycles. The van der Waals surface area contributed by atoms with Crippen molar-refractivity contribution in [2.45, 2.75) is 80.6 Å². The highest BCUT2D eigenvalue weighted by molar-refractivity contribution is 4.70. The highest BCUT2D eigenvalue weighted by atomic mass is 14.2. The molecule has 0 aromatic carbocycles. The summed E-state index contributed by atoms with van der Waals surface area (Å²) < 4.78 is 0. The predicted molar refractivity (Wildman–Crippen MR) is 73.3 cm³/mol. The van der Waals surface area contributed by atoms with Crippen LogP contribution in [0.3, 0.4) is 0 Å². The van der Waals surface area contributed by atoms with Gasteiger partial charge in [0.05, 0.1) is 0 Å². The first kappa shape index (κ1) is 17.4. The van der Waals surface area contributed by atoms with E-state index in [-0.39, 0.29) is 0 Å². The predicted octanol–water partition coefficient (Wildman–Crippen LogP) is 5.91. The molecule has 0 bridgehead atoms. The van der Waals surface area contributed by atoms with Crippen LogP contribution in [0.5, 0.6) is 0 Å². The van der Waals surface area contributed by atoms with E-state index in [4.69, 9.17) is 0 Å². The van der Waals surface area contributed by atoms with Crippen molar-refractivity contribution in [3.8, 4) is 0 Å². The van der Waals surface area contributed by atoms with Crippen molar-refractivity contribution in [1.82, 2.24) is 0 Å². The molecule has 2 atom stereocenters. The number of hydrogen-bond acceptors (Lipinski definition) is 0. The van der Waals surface area contributed by atoms with Gasteiger partial charge >= 0.3 is 0 Å². The second kappa shape index (κ2) is 12.1. The Morgan fingerprint density at radius 1 is 1.00 bits per heavy atom. The van der Waals surface area contributed by atoms with E-state index in [0.717, 1.165) is 17.8 Å². The first-order valence-corrected chi connectivity index (χ1v) is 7.07. The average Bonchev–Trinajstić information content (AvgIpc) is 2.21. The van der Waals surface area contributed by atoms with Gasteiger partial charge in [0.25, 0.3) is 0 Å². The van der Waals surface area contributed by atoms with E-state index in [2.05, 4.69) is 34.6 Å². The van der Waals surface area contributed by atoms with Crippen molar-refractivity contribution in [2.24, 2.45) is 17.8 Å². The number of hydrogen-bond donors (Lipinski definition) is 0. The zero-order valence-corrected chi connectivity index (χ0v) is 12.3. The molecule has 0 spiro atoms. The third-order valence-corrected chi connectivity index (χ3v) is 2.81. The van der Waals surface area contributed by atoms with Crippen molar-refractivity contribution in [3.63, 3.8) is 0 Å². The van der Waals surface area contributed by atoms with Crippen molar-refractivity contribution in [2.75, 3.05) is 0 Å². The van der Waals surface area contributed by atoms with E-state index in [9.17, 15) is 0 Å². The van der Waals surface area contributed by atoms with Gasteiger partial charge in [-0.2, -0.15) is 0 Å². The van der Waals surface area contributed by atoms with Gasteiger partial charge in [-0.05, 0) is 17.8 Å². The summed E-state index contributed by atoms with van der Waals surface area (Å²) in [5, 5.41) is 0. The standard InChI is InChI=1S/C9H18.C4H10.C2H6/c1-3-9-7-5-4-6-8(9)2;1-4(2)3;1-2/h8-9H,3-7H2,1-2H3;4H,1-3H3;1-2H3. The summed E-state index contributed by atoms with van der Waals surface area (Å²) in [5.41, 5.74) is 0. The Morgan fingerprint density at radius 2 is 1.40 bits per heavy atom. The van der Waals surface area contributed by atoms with Crippen molar-refractivity contribution in [3.05, 3.63) is 0 Å². The van der Waals surface area contributed by atoms with Gasteiger partial charge in [0.2, 0.25) is 0 Å². The molecule has 0 aromatic heterocycles. The third kappa shape index (κ3) is 11.9. The quantitative estimate of drug-likeness (QED) is 0.509. The normalized spacial score (nSPS) is 24.8. The fourth-order valence-corrected chi connectivity index (χ4v) is 2.00. The van der Waals surface area contributed by atoms with Crippen LogP contribution in [0.15, 0.2) is 0 Å². The Labute approximate surface area is 98.9 Å². The van der Waals surface area contributed by atoms with Crippen molar-refractivity contribution in [1.29, 1.82) is 0 Å². The lowest BCUT2D eigenvalue weighted by Crippen LogP contribution is -2.15. The third-order valence-electron chi connectivity index (χ3n) is 2.81. The molecule has 0 heteroatoms. The van der Waals surface area contributed by atoms with Crippen LogP contribution in [0.4, 0.5) is 0 Å². The van der Waals surface area contributed by atoms with E-state index < -0.39 is 0 Å². The Bertz CT molecular complexity index is 102. The van der Waals surface area contributed by atoms with Crippen LogP contribution in [0.2, 0.25) is 0 Å². The van der Waals surface area contributed by atoms with E-state index in [1.807, 2.05) is 13.8 Å². The van der Waals surface area contributed by atoms with E-state index >= 15 is 0 Å². The molecule has 0 radical (unpaired) electrons. The Balaban J connectivity index is 0. The molecule has 94 valence electrons. The smallest absolute Gasteiger partial charge is 0.0391 e. The maximum absolute atomic E-state index is 2.41. The van der Waals surface area contributed by atoms with Crippen LogP contribution in [0.25, 0.3) is 0 Å². The minimum absolute atomic E-state index is 0.833. The van der Waals surface area contributed by atoms with Gasteiger partial charge in [0, 0.05) is 0 Å². The monoisotopic (exact) mass is 214 g/mol. The summed E-state index contributed by atoms with van der Waals surface area (Å²) in [6.45, 7) is 15.2. The van der Waals surface area contributed by atoms with Gasteiger partial charge in [-0.3, -0.25) is 0 Å². The number of rotatable bonds is 1. The molecule has 0 amide bonds. The summed E-state index contributed by atoms with van der Waals surface area (Å²) >= 11 is 0. The summed E-state index contributed by atoms with van der Waals surface area (Å²) in [5.74, 6) is 2.91. The van der Waals surface area contributed by atoms with Crippen molar-refractivity contribution < 1.29 is 0 Å². The summed E-state index contributed by atoms with van der Waals surface area (Å²) in [6.07, 6.45) is 7.36. The van der Waals surface area contributed by atoms with Gasteiger partial charge in [0.15, 0.2) is 0 Å². The van der Waals surface area contributed by atoms with Crippen LogP contribution in [0, 0.1) is 17.8 Å². The van der Waals surface area contributed by atoms with Crippen LogP contribution >= 0.6 is 0 Å². The molecule has 0 saturated heterocycles. The van der Waals surface area contributed by atoms with Gasteiger partial charge in [-0.1, -0.05) is 80.6 Å². The van der Waals surface area contributed by atoms with Gasteiger partial charge in [-0.25, -0.2) is 0 Å². The molecule has 2 unspecified atom stereocenters. The zero-order valence-electron chi connectivity index (χ0n) is 12.3. The van der Waals surface area contributed by atoms with Crippen LogP contribution in [-0.2, 0) is 0 Å². The Kier molecular flexibility index (Phi) is 14.0. The summed E-state index contributed by atoms with van der Waals surface area (Å²) in [7, 11) is 0. The molecule has 1 aliphatic rings. The SMILES string of the molecule is CC.CC(C)C.CCC1CCCCC1C. The van der Waals surface area contributed by atoms with E-state index in [0.29, 0.717) is 0 Å². The molecule has 0 nitrogen and oxygen atoms in total. The van der Waals surface area contributed by atoms with Crippen molar-refractivity contribution >= 4 is 0 Å². The second-order valence-corrected chi connectivity index (χ2v) is 5.16. The van der Waals surface area contributed by atoms with E-state index in [1.165, 1.54) is 32.1 Å². The van der Waals surface area contributed by atoms with Gasteiger partial charge < -0.3 is 0 Å². The highest BCUT2D eigenvalue weighted by Gasteiger charge is 2.18. The molecule has 15 heavy (non-hydrogen) atoms. The molecular weight excluding hydrogens is 180 g/mol. The Morgan fingerprint density at radius 3 is 1.67 bits per heavy atom. The Hall–Kier alpha value is 0. The molecule has 0 aromatic rings. The molecule has 1 fully saturated rings. The van der Waals surface area contributed by atoms with Crippen LogP contribution in [0.1, 0.15) is 80.6 Å². The highest BCUT2D eigenvalue weighted by Crippen LogP contribution is 2.31. The first-order chi connectivity index (χ1) is 7.07. The van der Waals surface area contributed by atoms with Gasteiger partial charge in [0.1, 0.15) is 0 Å². The lowest BCUT2D eigenvalue weighted by molar-refractivity contribution is 0.249. The lowest BCUT2D eigenvalue weighted by atomic mass is 9.79. The topological polar surface area (TPSA) is 0 Å². The molecular formula is C15H34. The maximum atomic E-state index is 2.41. The zero-order chi connectivity index (χ0) is 12.3.